The molecule has 1 aliphatic rings. The molecule has 0 N–H and O–H groups in total. The Balaban J connectivity index is 0.000000791. The van der Waals surface area contributed by atoms with Crippen LogP contribution in [0.2, 0.25) is 0 Å². The molecule has 0 amide bonds. The molecule has 1 heterocycles. The molecule has 86 valence electrons. The van der Waals surface area contributed by atoms with E-state index in [1.54, 1.807) is 0 Å². The maximum Gasteiger partial charge on any atom is 0.0198 e. The second-order valence-electron chi connectivity index (χ2n) is 3.88. The molecule has 1 saturated heterocycles. The van der Waals surface area contributed by atoms with Crippen molar-refractivity contribution in [1.29, 1.82) is 0 Å². The summed E-state index contributed by atoms with van der Waals surface area (Å²) in [4.78, 5) is 5.13. The smallest absolute Gasteiger partial charge is 0.0198 e. The first-order chi connectivity index (χ1) is 6.69. The summed E-state index contributed by atoms with van der Waals surface area (Å²) in [7, 11) is 0. The van der Waals surface area contributed by atoms with Gasteiger partial charge in [-0.1, -0.05) is 27.7 Å². The Kier molecular flexibility index (Phi) is 7.20. The lowest BCUT2D eigenvalue weighted by atomic mass is 10.1. The highest BCUT2D eigenvalue weighted by molar-refractivity contribution is 4.83. The van der Waals surface area contributed by atoms with Crippen LogP contribution in [0.5, 0.6) is 0 Å². The van der Waals surface area contributed by atoms with E-state index in [0.29, 0.717) is 0 Å². The summed E-state index contributed by atoms with van der Waals surface area (Å²) < 4.78 is 0. The molecule has 1 rings (SSSR count). The van der Waals surface area contributed by atoms with Crippen molar-refractivity contribution in [2.24, 2.45) is 0 Å². The van der Waals surface area contributed by atoms with E-state index in [1.165, 1.54) is 26.2 Å². The third kappa shape index (κ3) is 3.58. The van der Waals surface area contributed by atoms with Crippen molar-refractivity contribution in [1.82, 2.24) is 9.80 Å². The summed E-state index contributed by atoms with van der Waals surface area (Å²) in [5.41, 5.74) is 0. The third-order valence-electron chi connectivity index (χ3n) is 2.99. The van der Waals surface area contributed by atoms with Crippen LogP contribution in [-0.4, -0.2) is 48.1 Å². The molecule has 2 unspecified atom stereocenters. The highest BCUT2D eigenvalue weighted by Gasteiger charge is 2.26. The van der Waals surface area contributed by atoms with Gasteiger partial charge in [-0.3, -0.25) is 4.90 Å². The van der Waals surface area contributed by atoms with Crippen LogP contribution in [0.3, 0.4) is 0 Å². The highest BCUT2D eigenvalue weighted by Crippen LogP contribution is 2.14. The second-order valence-corrected chi connectivity index (χ2v) is 3.88. The largest absolute Gasteiger partial charge is 0.301 e. The molecule has 1 fully saturated rings. The average molecular weight is 200 g/mol. The minimum absolute atomic E-state index is 0.735. The van der Waals surface area contributed by atoms with Crippen molar-refractivity contribution in [3.05, 3.63) is 0 Å². The number of rotatable bonds is 2. The molecule has 0 aromatic rings. The molecule has 0 aliphatic carbocycles. The van der Waals surface area contributed by atoms with E-state index in [4.69, 9.17) is 0 Å². The van der Waals surface area contributed by atoms with Gasteiger partial charge < -0.3 is 4.90 Å². The summed E-state index contributed by atoms with van der Waals surface area (Å²) in [5, 5.41) is 0. The van der Waals surface area contributed by atoms with Gasteiger partial charge in [0, 0.05) is 25.2 Å². The number of piperazine rings is 1. The molecule has 1 aliphatic heterocycles. The quantitative estimate of drug-likeness (QED) is 0.675. The summed E-state index contributed by atoms with van der Waals surface area (Å²) >= 11 is 0. The third-order valence-corrected chi connectivity index (χ3v) is 2.99. The van der Waals surface area contributed by atoms with E-state index in [-0.39, 0.29) is 0 Å². The van der Waals surface area contributed by atoms with Crippen LogP contribution in [0.15, 0.2) is 0 Å². The predicted molar refractivity (Wildman–Crippen MR) is 64.8 cm³/mol. The first kappa shape index (κ1) is 13.9. The maximum atomic E-state index is 2.59. The van der Waals surface area contributed by atoms with Gasteiger partial charge in [0.15, 0.2) is 0 Å². The monoisotopic (exact) mass is 200 g/mol. The molecule has 2 atom stereocenters. The first-order valence-corrected chi connectivity index (χ1v) is 6.17. The molecular weight excluding hydrogens is 172 g/mol. The van der Waals surface area contributed by atoms with E-state index >= 15 is 0 Å². The van der Waals surface area contributed by atoms with Crippen LogP contribution in [0.4, 0.5) is 0 Å². The van der Waals surface area contributed by atoms with Crippen LogP contribution in [0.25, 0.3) is 0 Å². The van der Waals surface area contributed by atoms with Gasteiger partial charge in [-0.15, -0.1) is 0 Å². The fourth-order valence-electron chi connectivity index (χ4n) is 2.35. The lowest BCUT2D eigenvalue weighted by Crippen LogP contribution is -2.56. The Labute approximate surface area is 90.3 Å². The fourth-order valence-corrected chi connectivity index (χ4v) is 2.35. The molecule has 0 bridgehead atoms. The van der Waals surface area contributed by atoms with Gasteiger partial charge in [-0.05, 0) is 26.9 Å². The van der Waals surface area contributed by atoms with Gasteiger partial charge in [0.1, 0.15) is 0 Å². The van der Waals surface area contributed by atoms with E-state index in [2.05, 4.69) is 37.5 Å². The van der Waals surface area contributed by atoms with Gasteiger partial charge in [-0.25, -0.2) is 0 Å². The highest BCUT2D eigenvalue weighted by atomic mass is 15.3. The van der Waals surface area contributed by atoms with Gasteiger partial charge in [-0.2, -0.15) is 0 Å². The van der Waals surface area contributed by atoms with Crippen molar-refractivity contribution < 1.29 is 0 Å². The van der Waals surface area contributed by atoms with Crippen LogP contribution in [-0.2, 0) is 0 Å². The van der Waals surface area contributed by atoms with Gasteiger partial charge in [0.25, 0.3) is 0 Å². The summed E-state index contributed by atoms with van der Waals surface area (Å²) in [6.07, 6.45) is 0. The normalized spacial score (nSPS) is 29.6. The van der Waals surface area contributed by atoms with E-state index < -0.39 is 0 Å². The zero-order valence-electron chi connectivity index (χ0n) is 10.9. The minimum atomic E-state index is 0.735. The zero-order valence-corrected chi connectivity index (χ0v) is 10.9. The first-order valence-electron chi connectivity index (χ1n) is 6.17. The Hall–Kier alpha value is -0.0800. The van der Waals surface area contributed by atoms with Crippen LogP contribution in [0, 0.1) is 0 Å². The van der Waals surface area contributed by atoms with Crippen molar-refractivity contribution in [2.45, 2.75) is 53.6 Å². The van der Waals surface area contributed by atoms with E-state index in [1.807, 2.05) is 13.8 Å². The van der Waals surface area contributed by atoms with Crippen LogP contribution < -0.4 is 0 Å². The number of hydrogen-bond acceptors (Lipinski definition) is 2. The van der Waals surface area contributed by atoms with Crippen LogP contribution >= 0.6 is 0 Å². The molecule has 0 aromatic heterocycles. The van der Waals surface area contributed by atoms with Crippen molar-refractivity contribution in [2.75, 3.05) is 26.2 Å². The Bertz CT molecular complexity index is 124. The molecule has 0 aromatic carbocycles. The average Bonchev–Trinajstić information content (AvgIpc) is 2.20. The van der Waals surface area contributed by atoms with Gasteiger partial charge in [0.2, 0.25) is 0 Å². The molecule has 0 radical (unpaired) electrons. The summed E-state index contributed by atoms with van der Waals surface area (Å²) in [6.45, 7) is 18.1. The number of hydrogen-bond donors (Lipinski definition) is 0. The van der Waals surface area contributed by atoms with Crippen molar-refractivity contribution in [3.8, 4) is 0 Å². The molecular formula is C12H28N2. The predicted octanol–water partition coefficient (Wildman–Crippen LogP) is 2.45. The molecule has 14 heavy (non-hydrogen) atoms. The minimum Gasteiger partial charge on any atom is -0.301 e. The Morgan fingerprint density at radius 2 is 1.36 bits per heavy atom. The van der Waals surface area contributed by atoms with Gasteiger partial charge in [0.05, 0.1) is 0 Å². The lowest BCUT2D eigenvalue weighted by molar-refractivity contribution is 0.0462. The molecule has 0 spiro atoms. The topological polar surface area (TPSA) is 6.48 Å². The maximum absolute atomic E-state index is 2.59. The van der Waals surface area contributed by atoms with Crippen LogP contribution in [0.1, 0.15) is 41.5 Å². The molecule has 0 saturated carbocycles. The number of nitrogens with zero attached hydrogens (tertiary/aromatic N) is 2. The molecule has 2 heteroatoms. The fraction of sp³-hybridized carbons (Fsp3) is 1.00. The standard InChI is InChI=1S/C10H22N2.C2H6/c1-5-11-7-9(3)12(6-2)10(4)8-11;1-2/h9-10H,5-8H2,1-4H3;1-2H3. The lowest BCUT2D eigenvalue weighted by Gasteiger charge is -2.43. The Morgan fingerprint density at radius 1 is 0.929 bits per heavy atom. The number of likely N-dealkylation sites (N-methyl/N-ethyl adjacent to an activating group) is 2. The SMILES string of the molecule is CC.CCN1CC(C)N(CC)C(C)C1. The molecule has 2 nitrogen and oxygen atoms in total. The van der Waals surface area contributed by atoms with Gasteiger partial charge >= 0.3 is 0 Å². The summed E-state index contributed by atoms with van der Waals surface area (Å²) in [6, 6.07) is 1.47. The zero-order chi connectivity index (χ0) is 11.1. The second kappa shape index (κ2) is 7.24. The Morgan fingerprint density at radius 3 is 1.64 bits per heavy atom. The van der Waals surface area contributed by atoms with Crippen molar-refractivity contribution >= 4 is 0 Å². The summed E-state index contributed by atoms with van der Waals surface area (Å²) in [5.74, 6) is 0. The van der Waals surface area contributed by atoms with Crippen molar-refractivity contribution in [3.63, 3.8) is 0 Å². The van der Waals surface area contributed by atoms with E-state index in [9.17, 15) is 0 Å². The van der Waals surface area contributed by atoms with E-state index in [0.717, 1.165) is 12.1 Å².